The molecule has 0 saturated heterocycles. The molecule has 94 valence electrons. The van der Waals surface area contributed by atoms with Crippen molar-refractivity contribution in [3.05, 3.63) is 70.2 Å². The van der Waals surface area contributed by atoms with Gasteiger partial charge in [-0.1, -0.05) is 54.1 Å². The van der Waals surface area contributed by atoms with Crippen molar-refractivity contribution in [1.29, 1.82) is 0 Å². The van der Waals surface area contributed by atoms with E-state index >= 15 is 0 Å². The summed E-state index contributed by atoms with van der Waals surface area (Å²) in [6.07, 6.45) is 1.06. The van der Waals surface area contributed by atoms with Crippen LogP contribution in [-0.2, 0) is 13.0 Å². The van der Waals surface area contributed by atoms with E-state index in [1.54, 1.807) is 0 Å². The Labute approximate surface area is 114 Å². The SMILES string of the molecule is Cc1ccc(CNCCc2ccccc2)cc1Cl. The van der Waals surface area contributed by atoms with E-state index in [-0.39, 0.29) is 0 Å². The van der Waals surface area contributed by atoms with Crippen molar-refractivity contribution in [3.63, 3.8) is 0 Å². The molecule has 18 heavy (non-hydrogen) atoms. The zero-order chi connectivity index (χ0) is 12.8. The molecule has 1 N–H and O–H groups in total. The van der Waals surface area contributed by atoms with Gasteiger partial charge in [0.2, 0.25) is 0 Å². The van der Waals surface area contributed by atoms with Gasteiger partial charge < -0.3 is 5.32 Å². The first kappa shape index (κ1) is 13.1. The molecule has 0 fully saturated rings. The van der Waals surface area contributed by atoms with Crippen LogP contribution in [0, 0.1) is 6.92 Å². The first-order valence-electron chi connectivity index (χ1n) is 6.25. The van der Waals surface area contributed by atoms with E-state index in [1.165, 1.54) is 11.1 Å². The first-order chi connectivity index (χ1) is 8.75. The van der Waals surface area contributed by atoms with Crippen LogP contribution in [0.2, 0.25) is 5.02 Å². The number of hydrogen-bond donors (Lipinski definition) is 1. The maximum Gasteiger partial charge on any atom is 0.0438 e. The molecule has 0 atom stereocenters. The third-order valence-electron chi connectivity index (χ3n) is 3.00. The van der Waals surface area contributed by atoms with Crippen LogP contribution in [0.4, 0.5) is 0 Å². The summed E-state index contributed by atoms with van der Waals surface area (Å²) in [5, 5.41) is 4.28. The minimum absolute atomic E-state index is 0.845. The molecule has 0 aromatic heterocycles. The Kier molecular flexibility index (Phi) is 4.80. The average molecular weight is 260 g/mol. The van der Waals surface area contributed by atoms with Crippen LogP contribution in [0.1, 0.15) is 16.7 Å². The van der Waals surface area contributed by atoms with Crippen LogP contribution in [0.25, 0.3) is 0 Å². The number of rotatable bonds is 5. The second kappa shape index (κ2) is 6.58. The maximum absolute atomic E-state index is 6.09. The Morgan fingerprint density at radius 3 is 2.50 bits per heavy atom. The lowest BCUT2D eigenvalue weighted by Gasteiger charge is -2.06. The number of aryl methyl sites for hydroxylation is 1. The molecular weight excluding hydrogens is 242 g/mol. The van der Waals surface area contributed by atoms with Crippen LogP contribution in [0.3, 0.4) is 0 Å². The van der Waals surface area contributed by atoms with Crippen LogP contribution >= 0.6 is 11.6 Å². The normalized spacial score (nSPS) is 10.6. The lowest BCUT2D eigenvalue weighted by Crippen LogP contribution is -2.16. The Morgan fingerprint density at radius 1 is 1.00 bits per heavy atom. The van der Waals surface area contributed by atoms with Crippen molar-refractivity contribution in [2.24, 2.45) is 0 Å². The van der Waals surface area contributed by atoms with Crippen molar-refractivity contribution in [3.8, 4) is 0 Å². The Balaban J connectivity index is 1.77. The van der Waals surface area contributed by atoms with Gasteiger partial charge in [-0.25, -0.2) is 0 Å². The summed E-state index contributed by atoms with van der Waals surface area (Å²) in [4.78, 5) is 0. The van der Waals surface area contributed by atoms with Crippen molar-refractivity contribution in [1.82, 2.24) is 5.32 Å². The Bertz CT molecular complexity index is 494. The number of halogens is 1. The van der Waals surface area contributed by atoms with Crippen molar-refractivity contribution >= 4 is 11.6 Å². The molecule has 2 rings (SSSR count). The smallest absolute Gasteiger partial charge is 0.0438 e. The van der Waals surface area contributed by atoms with E-state index in [0.29, 0.717) is 0 Å². The number of benzene rings is 2. The third kappa shape index (κ3) is 3.86. The van der Waals surface area contributed by atoms with Gasteiger partial charge in [0.1, 0.15) is 0 Å². The Morgan fingerprint density at radius 2 is 1.78 bits per heavy atom. The third-order valence-corrected chi connectivity index (χ3v) is 3.41. The summed E-state index contributed by atoms with van der Waals surface area (Å²) in [6, 6.07) is 16.7. The van der Waals surface area contributed by atoms with E-state index in [9.17, 15) is 0 Å². The summed E-state index contributed by atoms with van der Waals surface area (Å²) in [5.41, 5.74) is 3.73. The number of hydrogen-bond acceptors (Lipinski definition) is 1. The van der Waals surface area contributed by atoms with Crippen LogP contribution in [-0.4, -0.2) is 6.54 Å². The van der Waals surface area contributed by atoms with Crippen LogP contribution < -0.4 is 5.32 Å². The lowest BCUT2D eigenvalue weighted by molar-refractivity contribution is 0.687. The van der Waals surface area contributed by atoms with Crippen LogP contribution in [0.5, 0.6) is 0 Å². The highest BCUT2D eigenvalue weighted by Crippen LogP contribution is 2.16. The van der Waals surface area contributed by atoms with Crippen molar-refractivity contribution < 1.29 is 0 Å². The lowest BCUT2D eigenvalue weighted by atomic mass is 10.1. The molecule has 2 heteroatoms. The molecule has 0 radical (unpaired) electrons. The van der Waals surface area contributed by atoms with E-state index < -0.39 is 0 Å². The second-order valence-electron chi connectivity index (χ2n) is 4.50. The fourth-order valence-electron chi connectivity index (χ4n) is 1.86. The van der Waals surface area contributed by atoms with Crippen LogP contribution in [0.15, 0.2) is 48.5 Å². The van der Waals surface area contributed by atoms with E-state index in [1.807, 2.05) is 19.1 Å². The summed E-state index contributed by atoms with van der Waals surface area (Å²) < 4.78 is 0. The Hall–Kier alpha value is -1.31. The predicted molar refractivity (Wildman–Crippen MR) is 78.0 cm³/mol. The van der Waals surface area contributed by atoms with Gasteiger partial charge in [-0.3, -0.25) is 0 Å². The molecule has 0 aliphatic heterocycles. The molecule has 0 heterocycles. The molecule has 0 spiro atoms. The molecular formula is C16H18ClN. The van der Waals surface area contributed by atoms with Gasteiger partial charge in [0, 0.05) is 11.6 Å². The molecule has 0 bridgehead atoms. The van der Waals surface area contributed by atoms with E-state index in [0.717, 1.165) is 30.1 Å². The molecule has 0 amide bonds. The fourth-order valence-corrected chi connectivity index (χ4v) is 2.06. The standard InChI is InChI=1S/C16H18ClN/c1-13-7-8-15(11-16(13)17)12-18-10-9-14-5-3-2-4-6-14/h2-8,11,18H,9-10,12H2,1H3. The molecule has 0 unspecified atom stereocenters. The van der Waals surface area contributed by atoms with Gasteiger partial charge in [0.15, 0.2) is 0 Å². The molecule has 2 aromatic carbocycles. The first-order valence-corrected chi connectivity index (χ1v) is 6.63. The molecule has 0 aliphatic carbocycles. The molecule has 0 aliphatic rings. The zero-order valence-corrected chi connectivity index (χ0v) is 11.4. The minimum Gasteiger partial charge on any atom is -0.312 e. The highest BCUT2D eigenvalue weighted by atomic mass is 35.5. The van der Waals surface area contributed by atoms with Crippen molar-refractivity contribution in [2.45, 2.75) is 19.9 Å². The highest BCUT2D eigenvalue weighted by Gasteiger charge is 1.98. The predicted octanol–water partition coefficient (Wildman–Crippen LogP) is 3.98. The average Bonchev–Trinajstić information content (AvgIpc) is 2.40. The van der Waals surface area contributed by atoms with Gasteiger partial charge in [0.25, 0.3) is 0 Å². The van der Waals surface area contributed by atoms with Gasteiger partial charge in [0.05, 0.1) is 0 Å². The topological polar surface area (TPSA) is 12.0 Å². The summed E-state index contributed by atoms with van der Waals surface area (Å²) in [7, 11) is 0. The highest BCUT2D eigenvalue weighted by molar-refractivity contribution is 6.31. The van der Waals surface area contributed by atoms with E-state index in [4.69, 9.17) is 11.6 Å². The van der Waals surface area contributed by atoms with Gasteiger partial charge in [-0.2, -0.15) is 0 Å². The maximum atomic E-state index is 6.09. The van der Waals surface area contributed by atoms with Gasteiger partial charge >= 0.3 is 0 Å². The zero-order valence-electron chi connectivity index (χ0n) is 10.6. The summed E-state index contributed by atoms with van der Waals surface area (Å²) in [5.74, 6) is 0. The molecule has 0 saturated carbocycles. The fraction of sp³-hybridized carbons (Fsp3) is 0.250. The monoisotopic (exact) mass is 259 g/mol. The summed E-state index contributed by atoms with van der Waals surface area (Å²) >= 11 is 6.09. The number of nitrogens with one attached hydrogen (secondary N) is 1. The van der Waals surface area contributed by atoms with Crippen molar-refractivity contribution in [2.75, 3.05) is 6.54 Å². The minimum atomic E-state index is 0.845. The second-order valence-corrected chi connectivity index (χ2v) is 4.90. The molecule has 1 nitrogen and oxygen atoms in total. The molecule has 2 aromatic rings. The quantitative estimate of drug-likeness (QED) is 0.801. The largest absolute Gasteiger partial charge is 0.312 e. The summed E-state index contributed by atoms with van der Waals surface area (Å²) in [6.45, 7) is 3.87. The van der Waals surface area contributed by atoms with Gasteiger partial charge in [-0.15, -0.1) is 0 Å². The van der Waals surface area contributed by atoms with Gasteiger partial charge in [-0.05, 0) is 42.6 Å². The van der Waals surface area contributed by atoms with E-state index in [2.05, 4.69) is 41.7 Å².